The number of hydrogen-bond donors (Lipinski definition) is 1. The van der Waals surface area contributed by atoms with Crippen molar-refractivity contribution >= 4 is 10.8 Å². The number of fused-ring (bicyclic) bond motifs is 1. The van der Waals surface area contributed by atoms with Crippen molar-refractivity contribution in [2.45, 2.75) is 45.7 Å². The standard InChI is InChI=1S/C18H24N2/c1-13-6-7-18(14(2)10-13)20-12-16-5-3-4-15-11-19-9-8-17(15)16/h3-5,8-9,11,13-14,18,20H,6-7,10,12H2,1-2H3. The summed E-state index contributed by atoms with van der Waals surface area (Å²) in [5, 5.41) is 6.34. The van der Waals surface area contributed by atoms with Gasteiger partial charge in [-0.2, -0.15) is 0 Å². The Kier molecular flexibility index (Phi) is 4.02. The van der Waals surface area contributed by atoms with Crippen LogP contribution in [0, 0.1) is 11.8 Å². The third-order valence-corrected chi connectivity index (χ3v) is 4.76. The minimum atomic E-state index is 0.670. The summed E-state index contributed by atoms with van der Waals surface area (Å²) in [5.74, 6) is 1.68. The Hall–Kier alpha value is -1.41. The normalized spacial score (nSPS) is 26.8. The summed E-state index contributed by atoms with van der Waals surface area (Å²) in [5.41, 5.74) is 1.38. The average molecular weight is 268 g/mol. The van der Waals surface area contributed by atoms with E-state index in [0.29, 0.717) is 6.04 Å². The maximum absolute atomic E-state index is 4.20. The van der Waals surface area contributed by atoms with Crippen LogP contribution in [-0.2, 0) is 6.54 Å². The number of benzene rings is 1. The van der Waals surface area contributed by atoms with Crippen LogP contribution in [0.15, 0.2) is 36.7 Å². The summed E-state index contributed by atoms with van der Waals surface area (Å²) < 4.78 is 0. The highest BCUT2D eigenvalue weighted by Crippen LogP contribution is 2.29. The summed E-state index contributed by atoms with van der Waals surface area (Å²) in [7, 11) is 0. The maximum atomic E-state index is 4.20. The Bertz CT molecular complexity index is 573. The molecule has 1 N–H and O–H groups in total. The second-order valence-corrected chi connectivity index (χ2v) is 6.40. The molecule has 1 saturated carbocycles. The van der Waals surface area contributed by atoms with Gasteiger partial charge in [-0.1, -0.05) is 32.0 Å². The van der Waals surface area contributed by atoms with Crippen molar-refractivity contribution in [1.29, 1.82) is 0 Å². The van der Waals surface area contributed by atoms with Crippen molar-refractivity contribution in [3.05, 3.63) is 42.2 Å². The van der Waals surface area contributed by atoms with Gasteiger partial charge in [0.2, 0.25) is 0 Å². The van der Waals surface area contributed by atoms with E-state index in [1.807, 2.05) is 12.4 Å². The van der Waals surface area contributed by atoms with E-state index in [2.05, 4.69) is 48.4 Å². The molecule has 2 heteroatoms. The lowest BCUT2D eigenvalue weighted by Crippen LogP contribution is -2.38. The second kappa shape index (κ2) is 5.92. The van der Waals surface area contributed by atoms with E-state index in [4.69, 9.17) is 0 Å². The molecule has 1 aromatic carbocycles. The van der Waals surface area contributed by atoms with Crippen LogP contribution >= 0.6 is 0 Å². The summed E-state index contributed by atoms with van der Waals surface area (Å²) in [6.45, 7) is 5.73. The lowest BCUT2D eigenvalue weighted by Gasteiger charge is -2.33. The fraction of sp³-hybridized carbons (Fsp3) is 0.500. The van der Waals surface area contributed by atoms with E-state index < -0.39 is 0 Å². The van der Waals surface area contributed by atoms with Crippen LogP contribution in [0.1, 0.15) is 38.7 Å². The van der Waals surface area contributed by atoms with Crippen LogP contribution in [0.4, 0.5) is 0 Å². The molecule has 1 aliphatic carbocycles. The SMILES string of the molecule is CC1CCC(NCc2cccc3cnccc23)C(C)C1. The first-order chi connectivity index (χ1) is 9.74. The summed E-state index contributed by atoms with van der Waals surface area (Å²) in [6, 6.07) is 9.29. The predicted octanol–water partition coefficient (Wildman–Crippen LogP) is 4.15. The molecule has 0 bridgehead atoms. The molecule has 0 radical (unpaired) electrons. The van der Waals surface area contributed by atoms with Gasteiger partial charge in [-0.25, -0.2) is 0 Å². The van der Waals surface area contributed by atoms with Crippen LogP contribution in [-0.4, -0.2) is 11.0 Å². The molecule has 2 nitrogen and oxygen atoms in total. The zero-order chi connectivity index (χ0) is 13.9. The van der Waals surface area contributed by atoms with E-state index >= 15 is 0 Å². The number of nitrogens with one attached hydrogen (secondary N) is 1. The Balaban J connectivity index is 1.71. The van der Waals surface area contributed by atoms with Crippen molar-refractivity contribution in [2.24, 2.45) is 11.8 Å². The van der Waals surface area contributed by atoms with Gasteiger partial charge in [0.05, 0.1) is 0 Å². The van der Waals surface area contributed by atoms with Gasteiger partial charge in [0.25, 0.3) is 0 Å². The van der Waals surface area contributed by atoms with E-state index in [1.165, 1.54) is 35.6 Å². The van der Waals surface area contributed by atoms with Gasteiger partial charge in [0.1, 0.15) is 0 Å². The van der Waals surface area contributed by atoms with Crippen LogP contribution < -0.4 is 5.32 Å². The number of pyridine rings is 1. The third-order valence-electron chi connectivity index (χ3n) is 4.76. The summed E-state index contributed by atoms with van der Waals surface area (Å²) >= 11 is 0. The fourth-order valence-electron chi connectivity index (χ4n) is 3.55. The summed E-state index contributed by atoms with van der Waals surface area (Å²) in [6.07, 6.45) is 7.87. The average Bonchev–Trinajstić information content (AvgIpc) is 2.46. The number of rotatable bonds is 3. The molecule has 3 atom stereocenters. The molecule has 1 heterocycles. The minimum absolute atomic E-state index is 0.670. The zero-order valence-electron chi connectivity index (χ0n) is 12.5. The molecule has 106 valence electrons. The Morgan fingerprint density at radius 3 is 2.95 bits per heavy atom. The van der Waals surface area contributed by atoms with Gasteiger partial charge in [0.15, 0.2) is 0 Å². The first-order valence-electron chi connectivity index (χ1n) is 7.79. The Morgan fingerprint density at radius 2 is 2.10 bits per heavy atom. The van der Waals surface area contributed by atoms with E-state index in [1.54, 1.807) is 0 Å². The van der Waals surface area contributed by atoms with Gasteiger partial charge in [0, 0.05) is 30.4 Å². The fourth-order valence-corrected chi connectivity index (χ4v) is 3.55. The molecule has 20 heavy (non-hydrogen) atoms. The highest BCUT2D eigenvalue weighted by molar-refractivity contribution is 5.84. The van der Waals surface area contributed by atoms with E-state index in [9.17, 15) is 0 Å². The molecular formula is C18H24N2. The van der Waals surface area contributed by atoms with Crippen LogP contribution in [0.3, 0.4) is 0 Å². The quantitative estimate of drug-likeness (QED) is 0.904. The molecular weight excluding hydrogens is 244 g/mol. The van der Waals surface area contributed by atoms with Gasteiger partial charge in [-0.15, -0.1) is 0 Å². The van der Waals surface area contributed by atoms with Gasteiger partial charge >= 0.3 is 0 Å². The molecule has 1 aliphatic rings. The molecule has 3 rings (SSSR count). The van der Waals surface area contributed by atoms with E-state index in [-0.39, 0.29) is 0 Å². The molecule has 0 saturated heterocycles. The minimum Gasteiger partial charge on any atom is -0.310 e. The Labute approximate surface area is 121 Å². The molecule has 0 spiro atoms. The van der Waals surface area contributed by atoms with Gasteiger partial charge in [-0.05, 0) is 48.1 Å². The van der Waals surface area contributed by atoms with Crippen molar-refractivity contribution in [3.63, 3.8) is 0 Å². The van der Waals surface area contributed by atoms with Crippen LogP contribution in [0.2, 0.25) is 0 Å². The van der Waals surface area contributed by atoms with Gasteiger partial charge in [-0.3, -0.25) is 4.98 Å². The summed E-state index contributed by atoms with van der Waals surface area (Å²) in [4.78, 5) is 4.20. The maximum Gasteiger partial charge on any atom is 0.0346 e. The lowest BCUT2D eigenvalue weighted by molar-refractivity contribution is 0.227. The van der Waals surface area contributed by atoms with Crippen LogP contribution in [0.25, 0.3) is 10.8 Å². The van der Waals surface area contributed by atoms with E-state index in [0.717, 1.165) is 18.4 Å². The lowest BCUT2D eigenvalue weighted by atomic mass is 9.80. The van der Waals surface area contributed by atoms with Gasteiger partial charge < -0.3 is 5.32 Å². The van der Waals surface area contributed by atoms with Crippen molar-refractivity contribution in [1.82, 2.24) is 10.3 Å². The molecule has 0 aliphatic heterocycles. The monoisotopic (exact) mass is 268 g/mol. The third kappa shape index (κ3) is 2.85. The van der Waals surface area contributed by atoms with Crippen LogP contribution in [0.5, 0.6) is 0 Å². The number of aromatic nitrogens is 1. The largest absolute Gasteiger partial charge is 0.310 e. The van der Waals surface area contributed by atoms with Crippen molar-refractivity contribution in [2.75, 3.05) is 0 Å². The molecule has 0 amide bonds. The first-order valence-corrected chi connectivity index (χ1v) is 7.79. The highest BCUT2D eigenvalue weighted by atomic mass is 14.9. The smallest absolute Gasteiger partial charge is 0.0346 e. The second-order valence-electron chi connectivity index (χ2n) is 6.40. The Morgan fingerprint density at radius 1 is 1.20 bits per heavy atom. The zero-order valence-corrected chi connectivity index (χ0v) is 12.5. The molecule has 1 aromatic heterocycles. The first kappa shape index (κ1) is 13.6. The number of hydrogen-bond acceptors (Lipinski definition) is 2. The van der Waals surface area contributed by atoms with Crippen molar-refractivity contribution in [3.8, 4) is 0 Å². The molecule has 3 unspecified atom stereocenters. The number of nitrogens with zero attached hydrogens (tertiary/aromatic N) is 1. The topological polar surface area (TPSA) is 24.9 Å². The van der Waals surface area contributed by atoms with Crippen molar-refractivity contribution < 1.29 is 0 Å². The predicted molar refractivity (Wildman–Crippen MR) is 84.5 cm³/mol. The molecule has 2 aromatic rings. The molecule has 1 fully saturated rings. The highest BCUT2D eigenvalue weighted by Gasteiger charge is 2.24.